The zero-order chi connectivity index (χ0) is 6.69. The number of hydrogen-bond acceptors (Lipinski definition) is 3. The first-order valence-corrected chi connectivity index (χ1v) is 3.88. The van der Waals surface area contributed by atoms with Crippen molar-refractivity contribution in [2.24, 2.45) is 4.99 Å². The number of rotatable bonds is 1. The van der Waals surface area contributed by atoms with Gasteiger partial charge >= 0.3 is 0 Å². The number of alkyl halides is 1. The van der Waals surface area contributed by atoms with Gasteiger partial charge in [-0.05, 0) is 0 Å². The van der Waals surface area contributed by atoms with Crippen LogP contribution < -0.4 is 0 Å². The molecule has 1 heterocycles. The third-order valence-corrected chi connectivity index (χ3v) is 2.39. The summed E-state index contributed by atoms with van der Waals surface area (Å²) in [5.74, 6) is 0. The van der Waals surface area contributed by atoms with Gasteiger partial charge in [0.15, 0.2) is 0 Å². The van der Waals surface area contributed by atoms with Gasteiger partial charge in [-0.2, -0.15) is 4.99 Å². The van der Waals surface area contributed by atoms with Gasteiger partial charge in [0.1, 0.15) is 0 Å². The smallest absolute Gasteiger partial charge is 0.235 e. The minimum atomic E-state index is 0.0445. The van der Waals surface area contributed by atoms with Crippen LogP contribution in [0.15, 0.2) is 4.99 Å². The molecule has 50 valence electrons. The first kappa shape index (κ1) is 7.18. The lowest BCUT2D eigenvalue weighted by molar-refractivity contribution is 0.195. The Morgan fingerprint density at radius 3 is 2.89 bits per heavy atom. The fourth-order valence-electron chi connectivity index (χ4n) is 0.703. The summed E-state index contributed by atoms with van der Waals surface area (Å²) in [6.07, 6.45) is 1.53. The molecule has 1 aliphatic heterocycles. The monoisotopic (exact) mass is 239 g/mol. The summed E-state index contributed by atoms with van der Waals surface area (Å²) in [7, 11) is 0. The first-order valence-electron chi connectivity index (χ1n) is 2.63. The molecule has 0 aliphatic carbocycles. The normalized spacial score (nSPS) is 33.9. The molecule has 0 unspecified atom stereocenters. The number of halogens is 1. The van der Waals surface area contributed by atoms with Crippen LogP contribution in [0.2, 0.25) is 0 Å². The van der Waals surface area contributed by atoms with Crippen LogP contribution in [0.4, 0.5) is 0 Å². The second-order valence-electron chi connectivity index (χ2n) is 1.84. The second-order valence-corrected chi connectivity index (χ2v) is 3.44. The van der Waals surface area contributed by atoms with Crippen LogP contribution in [0.25, 0.3) is 0 Å². The molecule has 0 amide bonds. The molecule has 0 aromatic heterocycles. The molecule has 9 heavy (non-hydrogen) atoms. The van der Waals surface area contributed by atoms with E-state index in [1.54, 1.807) is 0 Å². The van der Waals surface area contributed by atoms with Crippen molar-refractivity contribution in [1.82, 2.24) is 0 Å². The maximum atomic E-state index is 9.76. The minimum absolute atomic E-state index is 0.0445. The van der Waals surface area contributed by atoms with Crippen molar-refractivity contribution in [2.45, 2.75) is 9.97 Å². The maximum Gasteiger partial charge on any atom is 0.235 e. The Hall–Kier alpha value is 0.0700. The molecule has 1 saturated heterocycles. The SMILES string of the molecule is O=C=N[C@@H]1COC[C@H]1I. The number of hydrogen-bond donors (Lipinski definition) is 0. The average molecular weight is 239 g/mol. The molecule has 0 N–H and O–H groups in total. The lowest BCUT2D eigenvalue weighted by Gasteiger charge is -1.99. The lowest BCUT2D eigenvalue weighted by atomic mass is 10.3. The van der Waals surface area contributed by atoms with E-state index in [4.69, 9.17) is 4.74 Å². The maximum absolute atomic E-state index is 9.76. The Labute approximate surface area is 66.6 Å². The second kappa shape index (κ2) is 3.29. The predicted octanol–water partition coefficient (Wildman–Crippen LogP) is 0.525. The van der Waals surface area contributed by atoms with E-state index >= 15 is 0 Å². The summed E-state index contributed by atoms with van der Waals surface area (Å²) >= 11 is 2.22. The van der Waals surface area contributed by atoms with Crippen molar-refractivity contribution in [2.75, 3.05) is 13.2 Å². The molecule has 2 atom stereocenters. The van der Waals surface area contributed by atoms with E-state index in [0.717, 1.165) is 0 Å². The van der Waals surface area contributed by atoms with Crippen molar-refractivity contribution >= 4 is 28.7 Å². The Kier molecular flexibility index (Phi) is 2.63. The summed E-state index contributed by atoms with van der Waals surface area (Å²) in [6, 6.07) is 0.0445. The van der Waals surface area contributed by atoms with E-state index in [0.29, 0.717) is 17.1 Å². The van der Waals surface area contributed by atoms with Crippen LogP contribution in [-0.2, 0) is 9.53 Å². The molecular weight excluding hydrogens is 233 g/mol. The first-order chi connectivity index (χ1) is 4.34. The topological polar surface area (TPSA) is 38.7 Å². The highest BCUT2D eigenvalue weighted by atomic mass is 127. The number of ether oxygens (including phenoxy) is 1. The Morgan fingerprint density at radius 1 is 1.67 bits per heavy atom. The summed E-state index contributed by atoms with van der Waals surface area (Å²) in [4.78, 5) is 13.3. The van der Waals surface area contributed by atoms with Crippen LogP contribution in [0.1, 0.15) is 0 Å². The standard InChI is InChI=1S/C5H6INO2/c6-4-1-9-2-5(4)7-3-8/h4-5H,1-2H2/t4-,5-/m1/s1. The largest absolute Gasteiger partial charge is 0.378 e. The summed E-state index contributed by atoms with van der Waals surface area (Å²) in [5.41, 5.74) is 0. The summed E-state index contributed by atoms with van der Waals surface area (Å²) in [6.45, 7) is 1.28. The van der Waals surface area contributed by atoms with Crippen LogP contribution in [0.5, 0.6) is 0 Å². The van der Waals surface area contributed by atoms with E-state index in [9.17, 15) is 4.79 Å². The van der Waals surface area contributed by atoms with Gasteiger partial charge in [-0.3, -0.25) is 0 Å². The molecule has 0 aromatic carbocycles. The van der Waals surface area contributed by atoms with Crippen LogP contribution in [0.3, 0.4) is 0 Å². The predicted molar refractivity (Wildman–Crippen MR) is 40.5 cm³/mol. The van der Waals surface area contributed by atoms with Crippen molar-refractivity contribution in [3.8, 4) is 0 Å². The van der Waals surface area contributed by atoms with Crippen LogP contribution in [-0.4, -0.2) is 29.3 Å². The minimum Gasteiger partial charge on any atom is -0.378 e. The van der Waals surface area contributed by atoms with E-state index in [2.05, 4.69) is 27.6 Å². The molecule has 1 fully saturated rings. The van der Waals surface area contributed by atoms with Gasteiger partial charge in [0, 0.05) is 0 Å². The van der Waals surface area contributed by atoms with Gasteiger partial charge in [0.05, 0.1) is 23.2 Å². The molecule has 4 heteroatoms. The van der Waals surface area contributed by atoms with Crippen molar-refractivity contribution in [3.05, 3.63) is 0 Å². The van der Waals surface area contributed by atoms with Crippen molar-refractivity contribution in [1.29, 1.82) is 0 Å². The highest BCUT2D eigenvalue weighted by Crippen LogP contribution is 2.16. The number of nitrogens with zero attached hydrogens (tertiary/aromatic N) is 1. The quantitative estimate of drug-likeness (QED) is 0.289. The molecule has 0 bridgehead atoms. The zero-order valence-electron chi connectivity index (χ0n) is 4.71. The number of carbonyl (C=O) groups excluding carboxylic acids is 1. The Bertz CT molecular complexity index is 144. The van der Waals surface area contributed by atoms with E-state index in [-0.39, 0.29) is 6.04 Å². The average Bonchev–Trinajstić information content (AvgIpc) is 2.18. The summed E-state index contributed by atoms with van der Waals surface area (Å²) in [5, 5.41) is 0. The molecule has 3 nitrogen and oxygen atoms in total. The number of isocyanates is 1. The third kappa shape index (κ3) is 1.74. The molecule has 0 radical (unpaired) electrons. The van der Waals surface area contributed by atoms with E-state index in [1.165, 1.54) is 6.08 Å². The molecule has 0 saturated carbocycles. The van der Waals surface area contributed by atoms with Crippen LogP contribution in [0, 0.1) is 0 Å². The van der Waals surface area contributed by atoms with Crippen molar-refractivity contribution in [3.63, 3.8) is 0 Å². The van der Waals surface area contributed by atoms with Gasteiger partial charge in [0.2, 0.25) is 6.08 Å². The molecule has 0 spiro atoms. The van der Waals surface area contributed by atoms with Gasteiger partial charge in [-0.25, -0.2) is 4.79 Å². The van der Waals surface area contributed by atoms with Gasteiger partial charge < -0.3 is 4.74 Å². The van der Waals surface area contributed by atoms with Gasteiger partial charge in [-0.15, -0.1) is 0 Å². The Morgan fingerprint density at radius 2 is 2.44 bits per heavy atom. The molecule has 0 aromatic rings. The molecule has 1 aliphatic rings. The lowest BCUT2D eigenvalue weighted by Crippen LogP contribution is -2.14. The van der Waals surface area contributed by atoms with Crippen LogP contribution >= 0.6 is 22.6 Å². The highest BCUT2D eigenvalue weighted by Gasteiger charge is 2.24. The zero-order valence-corrected chi connectivity index (χ0v) is 6.87. The van der Waals surface area contributed by atoms with Crippen molar-refractivity contribution < 1.29 is 9.53 Å². The highest BCUT2D eigenvalue weighted by molar-refractivity contribution is 14.1. The molecular formula is C5H6INO2. The van der Waals surface area contributed by atoms with Gasteiger partial charge in [-0.1, -0.05) is 22.6 Å². The Balaban J connectivity index is 2.49. The molecule has 1 rings (SSSR count). The number of aliphatic imine (C=N–C) groups is 1. The van der Waals surface area contributed by atoms with Gasteiger partial charge in [0.25, 0.3) is 0 Å². The fourth-order valence-corrected chi connectivity index (χ4v) is 1.33. The summed E-state index contributed by atoms with van der Waals surface area (Å²) < 4.78 is 5.39. The van der Waals surface area contributed by atoms with E-state index in [1.807, 2.05) is 0 Å². The van der Waals surface area contributed by atoms with E-state index < -0.39 is 0 Å². The third-order valence-electron chi connectivity index (χ3n) is 1.20. The fraction of sp³-hybridized carbons (Fsp3) is 0.800.